The summed E-state index contributed by atoms with van der Waals surface area (Å²) in [6.07, 6.45) is 4.29. The van der Waals surface area contributed by atoms with Gasteiger partial charge in [-0.25, -0.2) is 0 Å². The maximum atomic E-state index is 9.16. The number of fused-ring (bicyclic) bond motifs is 1. The first-order chi connectivity index (χ1) is 12.7. The van der Waals surface area contributed by atoms with E-state index in [2.05, 4.69) is 16.4 Å². The van der Waals surface area contributed by atoms with E-state index in [1.54, 1.807) is 20.3 Å². The first-order valence-electron chi connectivity index (χ1n) is 8.55. The number of nitrogens with zero attached hydrogens (tertiary/aromatic N) is 2. The molecule has 1 aliphatic carbocycles. The summed E-state index contributed by atoms with van der Waals surface area (Å²) in [5.74, 6) is 1.86. The number of nitriles is 1. The topological polar surface area (TPSA) is 67.2 Å². The van der Waals surface area contributed by atoms with Crippen molar-refractivity contribution < 1.29 is 9.47 Å². The van der Waals surface area contributed by atoms with Crippen molar-refractivity contribution in [2.45, 2.75) is 18.8 Å². The molecule has 0 amide bonds. The van der Waals surface area contributed by atoms with Gasteiger partial charge in [0.1, 0.15) is 0 Å². The fraction of sp³-hybridized carbons (Fsp3) is 0.238. The highest BCUT2D eigenvalue weighted by Gasteiger charge is 2.28. The molecule has 0 radical (unpaired) electrons. The van der Waals surface area contributed by atoms with Crippen molar-refractivity contribution in [3.63, 3.8) is 0 Å². The molecular weight excluding hydrogens is 326 g/mol. The third kappa shape index (κ3) is 2.91. The number of aromatic nitrogens is 1. The molecule has 1 aromatic heterocycles. The number of hydrogen-bond acceptors (Lipinski definition) is 5. The number of benzene rings is 2. The van der Waals surface area contributed by atoms with Gasteiger partial charge >= 0.3 is 0 Å². The number of anilines is 2. The SMILES string of the molecule is COc1cc2ncc(C3CC3)c(Nc3cccc(C#N)c3)c2cc1OC. The molecule has 2 aromatic carbocycles. The van der Waals surface area contributed by atoms with Gasteiger partial charge in [0.25, 0.3) is 0 Å². The largest absolute Gasteiger partial charge is 0.493 e. The average molecular weight is 345 g/mol. The molecule has 26 heavy (non-hydrogen) atoms. The van der Waals surface area contributed by atoms with Gasteiger partial charge in [-0.2, -0.15) is 5.26 Å². The molecule has 0 unspecified atom stereocenters. The van der Waals surface area contributed by atoms with E-state index in [9.17, 15) is 0 Å². The Balaban J connectivity index is 1.89. The summed E-state index contributed by atoms with van der Waals surface area (Å²) in [5, 5.41) is 13.7. The third-order valence-corrected chi connectivity index (χ3v) is 4.68. The Bertz CT molecular complexity index is 1020. The summed E-state index contributed by atoms with van der Waals surface area (Å²) < 4.78 is 10.9. The lowest BCUT2D eigenvalue weighted by Gasteiger charge is -2.16. The van der Waals surface area contributed by atoms with Crippen LogP contribution in [0.3, 0.4) is 0 Å². The first kappa shape index (κ1) is 16.2. The second-order valence-electron chi connectivity index (χ2n) is 6.40. The van der Waals surface area contributed by atoms with Gasteiger partial charge in [0.15, 0.2) is 11.5 Å². The standard InChI is InChI=1S/C21H19N3O2/c1-25-19-9-16-18(10-20(19)26-2)23-12-17(14-6-7-14)21(16)24-15-5-3-4-13(8-15)11-22/h3-5,8-10,12,14H,6-7H2,1-2H3,(H,23,24). The molecule has 5 nitrogen and oxygen atoms in total. The summed E-state index contributed by atoms with van der Waals surface area (Å²) in [5.41, 5.74) is 4.57. The Morgan fingerprint density at radius 2 is 1.88 bits per heavy atom. The van der Waals surface area contributed by atoms with Crippen molar-refractivity contribution in [2.24, 2.45) is 0 Å². The number of ether oxygens (including phenoxy) is 2. The smallest absolute Gasteiger partial charge is 0.162 e. The molecule has 1 N–H and O–H groups in total. The van der Waals surface area contributed by atoms with Gasteiger partial charge in [-0.1, -0.05) is 6.07 Å². The Morgan fingerprint density at radius 3 is 2.58 bits per heavy atom. The van der Waals surface area contributed by atoms with Crippen molar-refractivity contribution in [1.82, 2.24) is 4.98 Å². The number of hydrogen-bond donors (Lipinski definition) is 1. The molecule has 1 heterocycles. The van der Waals surface area contributed by atoms with Crippen LogP contribution in [0, 0.1) is 11.3 Å². The lowest BCUT2D eigenvalue weighted by molar-refractivity contribution is 0.356. The van der Waals surface area contributed by atoms with Crippen LogP contribution < -0.4 is 14.8 Å². The maximum Gasteiger partial charge on any atom is 0.162 e. The quantitative estimate of drug-likeness (QED) is 0.723. The predicted molar refractivity (Wildman–Crippen MR) is 101 cm³/mol. The molecule has 5 heteroatoms. The zero-order valence-electron chi connectivity index (χ0n) is 14.7. The van der Waals surface area contributed by atoms with E-state index in [0.717, 1.165) is 22.3 Å². The second-order valence-corrected chi connectivity index (χ2v) is 6.40. The van der Waals surface area contributed by atoms with Gasteiger partial charge in [0.05, 0.1) is 37.1 Å². The van der Waals surface area contributed by atoms with Crippen molar-refractivity contribution >= 4 is 22.3 Å². The van der Waals surface area contributed by atoms with Gasteiger partial charge in [0.2, 0.25) is 0 Å². The zero-order valence-corrected chi connectivity index (χ0v) is 14.7. The fourth-order valence-electron chi connectivity index (χ4n) is 3.19. The average Bonchev–Trinajstić information content (AvgIpc) is 3.52. The molecule has 0 aliphatic heterocycles. The van der Waals surface area contributed by atoms with Crippen LogP contribution >= 0.6 is 0 Å². The van der Waals surface area contributed by atoms with Crippen LogP contribution in [0.1, 0.15) is 29.9 Å². The molecule has 0 saturated heterocycles. The van der Waals surface area contributed by atoms with Crippen LogP contribution in [0.2, 0.25) is 0 Å². The molecule has 0 spiro atoms. The number of methoxy groups -OCH3 is 2. The van der Waals surface area contributed by atoms with Gasteiger partial charge < -0.3 is 14.8 Å². The van der Waals surface area contributed by atoms with Crippen LogP contribution in [0.25, 0.3) is 10.9 Å². The van der Waals surface area contributed by atoms with E-state index in [-0.39, 0.29) is 0 Å². The summed E-state index contributed by atoms with van der Waals surface area (Å²) >= 11 is 0. The Labute approximate surface area is 152 Å². The van der Waals surface area contributed by atoms with Crippen molar-refractivity contribution in [1.29, 1.82) is 5.26 Å². The molecule has 130 valence electrons. The highest BCUT2D eigenvalue weighted by Crippen LogP contribution is 2.47. The van der Waals surface area contributed by atoms with E-state index in [1.807, 2.05) is 36.5 Å². The minimum absolute atomic E-state index is 0.529. The molecule has 0 atom stereocenters. The van der Waals surface area contributed by atoms with Gasteiger partial charge in [-0.05, 0) is 48.6 Å². The highest BCUT2D eigenvalue weighted by molar-refractivity contribution is 5.97. The molecule has 1 fully saturated rings. The van der Waals surface area contributed by atoms with Crippen molar-refractivity contribution in [3.05, 3.63) is 53.7 Å². The third-order valence-electron chi connectivity index (χ3n) is 4.68. The molecule has 1 saturated carbocycles. The Kier molecular flexibility index (Phi) is 4.10. The van der Waals surface area contributed by atoms with Crippen LogP contribution in [0.15, 0.2) is 42.6 Å². The molecular formula is C21H19N3O2. The van der Waals surface area contributed by atoms with Gasteiger partial charge in [-0.3, -0.25) is 4.98 Å². The zero-order chi connectivity index (χ0) is 18.1. The van der Waals surface area contributed by atoms with Crippen LogP contribution in [-0.2, 0) is 0 Å². The van der Waals surface area contributed by atoms with Crippen LogP contribution in [0.4, 0.5) is 11.4 Å². The fourth-order valence-corrected chi connectivity index (χ4v) is 3.19. The van der Waals surface area contributed by atoms with Gasteiger partial charge in [-0.15, -0.1) is 0 Å². The number of rotatable bonds is 5. The monoisotopic (exact) mass is 345 g/mol. The highest BCUT2D eigenvalue weighted by atomic mass is 16.5. The van der Waals surface area contributed by atoms with E-state index >= 15 is 0 Å². The number of nitrogens with one attached hydrogen (secondary N) is 1. The lowest BCUT2D eigenvalue weighted by atomic mass is 10.0. The Morgan fingerprint density at radius 1 is 1.12 bits per heavy atom. The molecule has 4 rings (SSSR count). The number of pyridine rings is 1. The summed E-state index contributed by atoms with van der Waals surface area (Å²) in [7, 11) is 3.25. The summed E-state index contributed by atoms with van der Waals surface area (Å²) in [4.78, 5) is 4.63. The predicted octanol–water partition coefficient (Wildman–Crippen LogP) is 4.74. The van der Waals surface area contributed by atoms with Crippen molar-refractivity contribution in [3.8, 4) is 17.6 Å². The van der Waals surface area contributed by atoms with E-state index in [4.69, 9.17) is 14.7 Å². The van der Waals surface area contributed by atoms with Crippen molar-refractivity contribution in [2.75, 3.05) is 19.5 Å². The molecule has 0 bridgehead atoms. The minimum atomic E-state index is 0.529. The van der Waals surface area contributed by atoms with E-state index < -0.39 is 0 Å². The lowest BCUT2D eigenvalue weighted by Crippen LogP contribution is -2.00. The molecule has 1 aliphatic rings. The summed E-state index contributed by atoms with van der Waals surface area (Å²) in [6, 6.07) is 13.5. The van der Waals surface area contributed by atoms with Crippen LogP contribution in [-0.4, -0.2) is 19.2 Å². The Hall–Kier alpha value is -3.26. The summed E-state index contributed by atoms with van der Waals surface area (Å²) in [6.45, 7) is 0. The second kappa shape index (κ2) is 6.57. The van der Waals surface area contributed by atoms with E-state index in [0.29, 0.717) is 23.0 Å². The molecule has 3 aromatic rings. The first-order valence-corrected chi connectivity index (χ1v) is 8.55. The van der Waals surface area contributed by atoms with E-state index in [1.165, 1.54) is 18.4 Å². The maximum absolute atomic E-state index is 9.16. The minimum Gasteiger partial charge on any atom is -0.493 e. The normalized spacial score (nSPS) is 13.3. The van der Waals surface area contributed by atoms with Gasteiger partial charge in [0, 0.05) is 23.3 Å². The van der Waals surface area contributed by atoms with Crippen LogP contribution in [0.5, 0.6) is 11.5 Å².